The van der Waals surface area contributed by atoms with Gasteiger partial charge in [-0.05, 0) is 42.8 Å². The van der Waals surface area contributed by atoms with Crippen LogP contribution in [0.5, 0.6) is 5.75 Å². The fourth-order valence-corrected chi connectivity index (χ4v) is 4.04. The number of likely N-dealkylation sites (N-methyl/N-ethyl adjacent to an activating group) is 1. The number of ether oxygens (including phenoxy) is 1. The maximum absolute atomic E-state index is 12.8. The molecule has 0 spiro atoms. The monoisotopic (exact) mass is 416 g/mol. The zero-order valence-electron chi connectivity index (χ0n) is 14.4. The van der Waals surface area contributed by atoms with Crippen LogP contribution in [0.4, 0.5) is 5.69 Å². The third kappa shape index (κ3) is 4.67. The van der Waals surface area contributed by atoms with Crippen LogP contribution in [-0.4, -0.2) is 39.3 Å². The predicted molar refractivity (Wildman–Crippen MR) is 103 cm³/mol. The standard InChI is InChI=1S/C17H18Cl2N2O4S/c1-11-4-7-15(25-3)16(8-11)26(23,24)21(2)10-17(22)20-14-6-5-12(18)9-13(14)19/h4-9H,10H2,1-3H3,(H,20,22). The zero-order chi connectivity index (χ0) is 19.5. The minimum absolute atomic E-state index is 0.000162. The van der Waals surface area contributed by atoms with Gasteiger partial charge in [0, 0.05) is 12.1 Å². The van der Waals surface area contributed by atoms with E-state index in [0.29, 0.717) is 10.7 Å². The van der Waals surface area contributed by atoms with E-state index in [4.69, 9.17) is 27.9 Å². The van der Waals surface area contributed by atoms with Crippen LogP contribution in [0.15, 0.2) is 41.3 Å². The van der Waals surface area contributed by atoms with E-state index >= 15 is 0 Å². The first-order valence-electron chi connectivity index (χ1n) is 7.51. The minimum atomic E-state index is -3.92. The summed E-state index contributed by atoms with van der Waals surface area (Å²) in [5.74, 6) is -0.324. The van der Waals surface area contributed by atoms with Crippen molar-refractivity contribution in [3.8, 4) is 5.75 Å². The molecule has 0 heterocycles. The largest absolute Gasteiger partial charge is 0.495 e. The molecule has 26 heavy (non-hydrogen) atoms. The van der Waals surface area contributed by atoms with Crippen molar-refractivity contribution >= 4 is 44.8 Å². The highest BCUT2D eigenvalue weighted by molar-refractivity contribution is 7.89. The third-order valence-corrected chi connectivity index (χ3v) is 5.95. The molecule has 2 rings (SSSR count). The van der Waals surface area contributed by atoms with Crippen LogP contribution >= 0.6 is 23.2 Å². The number of carbonyl (C=O) groups excluding carboxylic acids is 1. The van der Waals surface area contributed by atoms with E-state index in [1.54, 1.807) is 31.2 Å². The Morgan fingerprint density at radius 2 is 1.88 bits per heavy atom. The average Bonchev–Trinajstić information content (AvgIpc) is 2.57. The molecule has 0 saturated heterocycles. The Balaban J connectivity index is 2.19. The summed E-state index contributed by atoms with van der Waals surface area (Å²) in [6.45, 7) is 1.38. The number of hydrogen-bond donors (Lipinski definition) is 1. The normalized spacial score (nSPS) is 11.5. The second-order valence-corrected chi connectivity index (χ2v) is 8.44. The molecule has 0 bridgehead atoms. The fraction of sp³-hybridized carbons (Fsp3) is 0.235. The smallest absolute Gasteiger partial charge is 0.246 e. The van der Waals surface area contributed by atoms with Gasteiger partial charge in [-0.1, -0.05) is 29.3 Å². The van der Waals surface area contributed by atoms with Crippen LogP contribution in [-0.2, 0) is 14.8 Å². The van der Waals surface area contributed by atoms with Crippen LogP contribution in [0.3, 0.4) is 0 Å². The lowest BCUT2D eigenvalue weighted by atomic mass is 10.2. The number of halogens is 2. The van der Waals surface area contributed by atoms with Crippen LogP contribution in [0.1, 0.15) is 5.56 Å². The van der Waals surface area contributed by atoms with Gasteiger partial charge in [-0.15, -0.1) is 0 Å². The third-order valence-electron chi connectivity index (χ3n) is 3.58. The molecule has 2 aromatic rings. The molecule has 0 fully saturated rings. The predicted octanol–water partition coefficient (Wildman–Crippen LogP) is 3.57. The molecule has 0 radical (unpaired) electrons. The Morgan fingerprint density at radius 1 is 1.19 bits per heavy atom. The second-order valence-electron chi connectivity index (χ2n) is 5.59. The molecule has 0 aliphatic rings. The number of amides is 1. The van der Waals surface area contributed by atoms with Gasteiger partial charge in [-0.3, -0.25) is 4.79 Å². The Bertz CT molecular complexity index is 932. The Morgan fingerprint density at radius 3 is 2.50 bits per heavy atom. The summed E-state index contributed by atoms with van der Waals surface area (Å²) in [5, 5.41) is 3.26. The van der Waals surface area contributed by atoms with Gasteiger partial charge in [0.25, 0.3) is 0 Å². The molecule has 1 N–H and O–H groups in total. The number of nitrogens with one attached hydrogen (secondary N) is 1. The molecule has 0 unspecified atom stereocenters. The Kier molecular flexibility index (Phi) is 6.52. The highest BCUT2D eigenvalue weighted by Crippen LogP contribution is 2.28. The van der Waals surface area contributed by atoms with E-state index in [1.165, 1.54) is 26.3 Å². The maximum Gasteiger partial charge on any atom is 0.246 e. The van der Waals surface area contributed by atoms with Crippen molar-refractivity contribution in [2.24, 2.45) is 0 Å². The first-order valence-corrected chi connectivity index (χ1v) is 9.70. The van der Waals surface area contributed by atoms with E-state index in [0.717, 1.165) is 9.87 Å². The van der Waals surface area contributed by atoms with Crippen molar-refractivity contribution < 1.29 is 17.9 Å². The van der Waals surface area contributed by atoms with Crippen LogP contribution in [0.25, 0.3) is 0 Å². The van der Waals surface area contributed by atoms with Crippen molar-refractivity contribution in [3.05, 3.63) is 52.0 Å². The number of benzene rings is 2. The van der Waals surface area contributed by atoms with Crippen molar-refractivity contribution in [1.82, 2.24) is 4.31 Å². The zero-order valence-corrected chi connectivity index (χ0v) is 16.7. The number of hydrogen-bond acceptors (Lipinski definition) is 4. The molecule has 9 heteroatoms. The van der Waals surface area contributed by atoms with Gasteiger partial charge in [0.1, 0.15) is 10.6 Å². The summed E-state index contributed by atoms with van der Waals surface area (Å²) in [4.78, 5) is 12.2. The summed E-state index contributed by atoms with van der Waals surface area (Å²) >= 11 is 11.8. The number of anilines is 1. The lowest BCUT2D eigenvalue weighted by Gasteiger charge is -2.19. The van der Waals surface area contributed by atoms with E-state index in [1.807, 2.05) is 0 Å². The highest BCUT2D eigenvalue weighted by Gasteiger charge is 2.26. The highest BCUT2D eigenvalue weighted by atomic mass is 35.5. The van der Waals surface area contributed by atoms with Gasteiger partial charge in [-0.25, -0.2) is 8.42 Å². The summed E-state index contributed by atoms with van der Waals surface area (Å²) in [5.41, 5.74) is 1.11. The number of rotatable bonds is 6. The average molecular weight is 417 g/mol. The number of methoxy groups -OCH3 is 1. The minimum Gasteiger partial charge on any atom is -0.495 e. The summed E-state index contributed by atoms with van der Waals surface area (Å²) < 4.78 is 31.6. The van der Waals surface area contributed by atoms with Crippen molar-refractivity contribution in [3.63, 3.8) is 0 Å². The van der Waals surface area contributed by atoms with Gasteiger partial charge in [-0.2, -0.15) is 4.31 Å². The van der Waals surface area contributed by atoms with Gasteiger partial charge in [0.05, 0.1) is 24.4 Å². The quantitative estimate of drug-likeness (QED) is 0.780. The number of carbonyl (C=O) groups is 1. The summed E-state index contributed by atoms with van der Waals surface area (Å²) in [6.07, 6.45) is 0. The molecule has 0 aliphatic carbocycles. The molecule has 140 valence electrons. The van der Waals surface area contributed by atoms with Crippen LogP contribution in [0.2, 0.25) is 10.0 Å². The molecular weight excluding hydrogens is 399 g/mol. The summed E-state index contributed by atoms with van der Waals surface area (Å²) in [6, 6.07) is 9.41. The van der Waals surface area contributed by atoms with Crippen molar-refractivity contribution in [2.45, 2.75) is 11.8 Å². The van der Waals surface area contributed by atoms with E-state index in [9.17, 15) is 13.2 Å². The first kappa shape index (κ1) is 20.5. The number of aryl methyl sites for hydroxylation is 1. The topological polar surface area (TPSA) is 75.7 Å². The van der Waals surface area contributed by atoms with Gasteiger partial charge in [0.15, 0.2) is 0 Å². The Hall–Kier alpha value is -1.80. The molecule has 0 saturated carbocycles. The summed E-state index contributed by atoms with van der Waals surface area (Å²) in [7, 11) is -1.21. The van der Waals surface area contributed by atoms with Gasteiger partial charge in [0.2, 0.25) is 15.9 Å². The van der Waals surface area contributed by atoms with E-state index < -0.39 is 22.5 Å². The van der Waals surface area contributed by atoms with Gasteiger partial charge < -0.3 is 10.1 Å². The van der Waals surface area contributed by atoms with E-state index in [-0.39, 0.29) is 15.7 Å². The molecule has 2 aromatic carbocycles. The van der Waals surface area contributed by atoms with Crippen molar-refractivity contribution in [1.29, 1.82) is 0 Å². The fourth-order valence-electron chi connectivity index (χ4n) is 2.22. The molecule has 1 amide bonds. The molecule has 0 atom stereocenters. The number of sulfonamides is 1. The molecule has 6 nitrogen and oxygen atoms in total. The maximum atomic E-state index is 12.8. The number of nitrogens with zero attached hydrogens (tertiary/aromatic N) is 1. The van der Waals surface area contributed by atoms with Crippen LogP contribution < -0.4 is 10.1 Å². The molecule has 0 aromatic heterocycles. The van der Waals surface area contributed by atoms with Gasteiger partial charge >= 0.3 is 0 Å². The lowest BCUT2D eigenvalue weighted by molar-refractivity contribution is -0.116. The first-order chi connectivity index (χ1) is 12.1. The molecular formula is C17H18Cl2N2O4S. The van der Waals surface area contributed by atoms with Crippen molar-refractivity contribution in [2.75, 3.05) is 26.0 Å². The van der Waals surface area contributed by atoms with E-state index in [2.05, 4.69) is 5.32 Å². The SMILES string of the molecule is COc1ccc(C)cc1S(=O)(=O)N(C)CC(=O)Nc1ccc(Cl)cc1Cl. The Labute approximate surface area is 162 Å². The lowest BCUT2D eigenvalue weighted by Crippen LogP contribution is -2.35. The second kappa shape index (κ2) is 8.26. The van der Waals surface area contributed by atoms with Crippen LogP contribution in [0, 0.1) is 6.92 Å². The molecule has 0 aliphatic heterocycles.